The van der Waals surface area contributed by atoms with Crippen LogP contribution in [0.3, 0.4) is 0 Å². The predicted octanol–water partition coefficient (Wildman–Crippen LogP) is 0.0891. The van der Waals surface area contributed by atoms with Gasteiger partial charge in [-0.1, -0.05) is 0 Å². The topological polar surface area (TPSA) is 84.7 Å². The fraction of sp³-hybridized carbons (Fsp3) is 1.00. The predicted molar refractivity (Wildman–Crippen MR) is 74.0 cm³/mol. The second-order valence-electron chi connectivity index (χ2n) is 5.39. The average molecular weight is 302 g/mol. The number of nitrogens with zero attached hydrogens (tertiary/aromatic N) is 1. The Morgan fingerprint density at radius 2 is 1.78 bits per heavy atom. The van der Waals surface area contributed by atoms with Crippen LogP contribution in [0.5, 0.6) is 0 Å². The summed E-state index contributed by atoms with van der Waals surface area (Å²) in [5, 5.41) is 0. The molecule has 6 nitrogen and oxygen atoms in total. The fourth-order valence-electron chi connectivity index (χ4n) is 1.70. The molecule has 2 unspecified atom stereocenters. The molecule has 18 heavy (non-hydrogen) atoms. The first-order chi connectivity index (χ1) is 7.60. The van der Waals surface area contributed by atoms with Crippen molar-refractivity contribution >= 4 is 22.6 Å². The largest absolute Gasteiger partial charge is 0.373 e. The van der Waals surface area contributed by atoms with E-state index in [-0.39, 0.29) is 31.2 Å². The molecule has 0 aliphatic carbocycles. The van der Waals surface area contributed by atoms with Crippen LogP contribution >= 0.6 is 12.4 Å². The Balaban J connectivity index is 0.00000289. The number of morpholine rings is 1. The van der Waals surface area contributed by atoms with Crippen LogP contribution < -0.4 is 10.5 Å². The van der Waals surface area contributed by atoms with Crippen molar-refractivity contribution in [3.8, 4) is 0 Å². The molecule has 8 heteroatoms. The summed E-state index contributed by atoms with van der Waals surface area (Å²) in [4.78, 5) is 0. The summed E-state index contributed by atoms with van der Waals surface area (Å²) >= 11 is 0. The Morgan fingerprint density at radius 3 is 2.17 bits per heavy atom. The SMILES string of the molecule is CC1CN(S(=O)(=O)NCC(C)(C)N)CC(C)O1.Cl. The first kappa shape index (κ1) is 18.1. The van der Waals surface area contributed by atoms with E-state index < -0.39 is 15.7 Å². The highest BCUT2D eigenvalue weighted by Gasteiger charge is 2.31. The summed E-state index contributed by atoms with van der Waals surface area (Å²) < 4.78 is 33.5. The van der Waals surface area contributed by atoms with Crippen molar-refractivity contribution in [1.82, 2.24) is 9.03 Å². The van der Waals surface area contributed by atoms with Gasteiger partial charge < -0.3 is 10.5 Å². The van der Waals surface area contributed by atoms with E-state index in [9.17, 15) is 8.42 Å². The van der Waals surface area contributed by atoms with Gasteiger partial charge in [-0.15, -0.1) is 12.4 Å². The number of halogens is 1. The minimum Gasteiger partial charge on any atom is -0.373 e. The lowest BCUT2D eigenvalue weighted by molar-refractivity contribution is -0.0444. The standard InChI is InChI=1S/C10H23N3O3S.ClH/c1-8-5-13(6-9(2)16-8)17(14,15)12-7-10(3,4)11;/h8-9,12H,5-7,11H2,1-4H3;1H. The summed E-state index contributed by atoms with van der Waals surface area (Å²) in [6.07, 6.45) is -0.164. The van der Waals surface area contributed by atoms with Gasteiger partial charge in [-0.3, -0.25) is 0 Å². The minimum absolute atomic E-state index is 0. The Kier molecular flexibility index (Phi) is 6.52. The summed E-state index contributed by atoms with van der Waals surface area (Å²) in [5.41, 5.74) is 5.20. The molecular formula is C10H24ClN3O3S. The molecule has 1 saturated heterocycles. The number of nitrogens with two attached hydrogens (primary N) is 1. The maximum Gasteiger partial charge on any atom is 0.279 e. The third kappa shape index (κ3) is 5.81. The Morgan fingerprint density at radius 1 is 1.33 bits per heavy atom. The molecule has 0 amide bonds. The van der Waals surface area contributed by atoms with Crippen LogP contribution in [0.2, 0.25) is 0 Å². The van der Waals surface area contributed by atoms with Crippen molar-refractivity contribution in [3.63, 3.8) is 0 Å². The van der Waals surface area contributed by atoms with Crippen molar-refractivity contribution in [2.75, 3.05) is 19.6 Å². The van der Waals surface area contributed by atoms with Gasteiger partial charge >= 0.3 is 0 Å². The van der Waals surface area contributed by atoms with Crippen LogP contribution in [0.4, 0.5) is 0 Å². The lowest BCUT2D eigenvalue weighted by Gasteiger charge is -2.34. The highest BCUT2D eigenvalue weighted by atomic mass is 35.5. The van der Waals surface area contributed by atoms with Gasteiger partial charge in [0.1, 0.15) is 0 Å². The molecule has 1 fully saturated rings. The molecule has 0 bridgehead atoms. The number of rotatable bonds is 4. The molecule has 0 saturated carbocycles. The van der Waals surface area contributed by atoms with Crippen molar-refractivity contribution < 1.29 is 13.2 Å². The van der Waals surface area contributed by atoms with Gasteiger partial charge in [0, 0.05) is 25.2 Å². The maximum absolute atomic E-state index is 12.0. The molecule has 110 valence electrons. The molecule has 0 radical (unpaired) electrons. The van der Waals surface area contributed by atoms with Gasteiger partial charge in [0.05, 0.1) is 12.2 Å². The normalized spacial score (nSPS) is 26.7. The van der Waals surface area contributed by atoms with E-state index in [0.29, 0.717) is 13.1 Å². The van der Waals surface area contributed by atoms with E-state index in [1.807, 2.05) is 13.8 Å². The van der Waals surface area contributed by atoms with Crippen molar-refractivity contribution in [1.29, 1.82) is 0 Å². The Labute approximate surface area is 116 Å². The second-order valence-corrected chi connectivity index (χ2v) is 7.14. The highest BCUT2D eigenvalue weighted by Crippen LogP contribution is 2.13. The summed E-state index contributed by atoms with van der Waals surface area (Å²) in [6, 6.07) is 0. The summed E-state index contributed by atoms with van der Waals surface area (Å²) in [5.74, 6) is 0. The molecule has 0 aromatic rings. The number of nitrogens with one attached hydrogen (secondary N) is 1. The van der Waals surface area contributed by atoms with Crippen LogP contribution in [0, 0.1) is 0 Å². The van der Waals surface area contributed by atoms with Crippen LogP contribution in [0.15, 0.2) is 0 Å². The highest BCUT2D eigenvalue weighted by molar-refractivity contribution is 7.87. The molecule has 1 rings (SSSR count). The van der Waals surface area contributed by atoms with E-state index in [1.54, 1.807) is 13.8 Å². The zero-order valence-electron chi connectivity index (χ0n) is 11.3. The van der Waals surface area contributed by atoms with Gasteiger partial charge in [-0.05, 0) is 27.7 Å². The smallest absolute Gasteiger partial charge is 0.279 e. The van der Waals surface area contributed by atoms with E-state index >= 15 is 0 Å². The Hall–Kier alpha value is 0.0800. The van der Waals surface area contributed by atoms with E-state index in [2.05, 4.69) is 4.72 Å². The lowest BCUT2D eigenvalue weighted by atomic mass is 10.1. The summed E-state index contributed by atoms with van der Waals surface area (Å²) in [7, 11) is -3.46. The molecule has 2 atom stereocenters. The molecule has 1 heterocycles. The van der Waals surface area contributed by atoms with Gasteiger partial charge in [-0.2, -0.15) is 12.7 Å². The van der Waals surface area contributed by atoms with Crippen molar-refractivity contribution in [3.05, 3.63) is 0 Å². The third-order valence-corrected chi connectivity index (χ3v) is 3.92. The van der Waals surface area contributed by atoms with Crippen LogP contribution in [0.1, 0.15) is 27.7 Å². The minimum atomic E-state index is -3.46. The molecule has 1 aliphatic rings. The molecule has 0 aromatic carbocycles. The molecule has 0 spiro atoms. The first-order valence-electron chi connectivity index (χ1n) is 5.79. The fourth-order valence-corrected chi connectivity index (χ4v) is 3.24. The summed E-state index contributed by atoms with van der Waals surface area (Å²) in [6.45, 7) is 8.26. The van der Waals surface area contributed by atoms with E-state index in [4.69, 9.17) is 10.5 Å². The van der Waals surface area contributed by atoms with Crippen molar-refractivity contribution in [2.45, 2.75) is 45.4 Å². The molecule has 1 aliphatic heterocycles. The van der Waals surface area contributed by atoms with Crippen molar-refractivity contribution in [2.24, 2.45) is 5.73 Å². The van der Waals surface area contributed by atoms with E-state index in [0.717, 1.165) is 0 Å². The van der Waals surface area contributed by atoms with Gasteiger partial charge in [0.2, 0.25) is 0 Å². The first-order valence-corrected chi connectivity index (χ1v) is 7.23. The third-order valence-electron chi connectivity index (χ3n) is 2.44. The molecule has 3 N–H and O–H groups in total. The zero-order valence-corrected chi connectivity index (χ0v) is 13.0. The second kappa shape index (κ2) is 6.49. The van der Waals surface area contributed by atoms with Crippen LogP contribution in [0.25, 0.3) is 0 Å². The van der Waals surface area contributed by atoms with Gasteiger partial charge in [-0.25, -0.2) is 4.72 Å². The van der Waals surface area contributed by atoms with Crippen LogP contribution in [-0.2, 0) is 14.9 Å². The monoisotopic (exact) mass is 301 g/mol. The van der Waals surface area contributed by atoms with Crippen LogP contribution in [-0.4, -0.2) is 50.1 Å². The molecular weight excluding hydrogens is 278 g/mol. The van der Waals surface area contributed by atoms with E-state index in [1.165, 1.54) is 4.31 Å². The number of ether oxygens (including phenoxy) is 1. The average Bonchev–Trinajstić information content (AvgIpc) is 2.12. The number of hydrogen-bond donors (Lipinski definition) is 2. The quantitative estimate of drug-likeness (QED) is 0.771. The molecule has 0 aromatic heterocycles. The lowest BCUT2D eigenvalue weighted by Crippen LogP contribution is -2.54. The maximum atomic E-state index is 12.0. The Bertz CT molecular complexity index is 346. The van der Waals surface area contributed by atoms with Gasteiger partial charge in [0.15, 0.2) is 0 Å². The van der Waals surface area contributed by atoms with Gasteiger partial charge in [0.25, 0.3) is 10.2 Å². The zero-order chi connectivity index (χ0) is 13.3. The number of hydrogen-bond acceptors (Lipinski definition) is 4.